The van der Waals surface area contributed by atoms with E-state index in [1.165, 1.54) is 0 Å². The van der Waals surface area contributed by atoms with Gasteiger partial charge in [0.1, 0.15) is 5.75 Å². The van der Waals surface area contributed by atoms with Crippen molar-refractivity contribution in [3.05, 3.63) is 28.8 Å². The normalized spacial score (nSPS) is 10.7. The lowest BCUT2D eigenvalue weighted by Crippen LogP contribution is -2.16. The molecular formula is C13H20ClNO2. The zero-order chi connectivity index (χ0) is 12.5. The Hall–Kier alpha value is -0.770. The van der Waals surface area contributed by atoms with Gasteiger partial charge in [-0.25, -0.2) is 0 Å². The van der Waals surface area contributed by atoms with Crippen molar-refractivity contribution in [3.63, 3.8) is 0 Å². The molecule has 0 aliphatic rings. The molecule has 0 amide bonds. The van der Waals surface area contributed by atoms with Gasteiger partial charge in [0.15, 0.2) is 0 Å². The van der Waals surface area contributed by atoms with E-state index < -0.39 is 0 Å². The third-order valence-electron chi connectivity index (χ3n) is 2.39. The first-order chi connectivity index (χ1) is 8.25. The number of hydrogen-bond donors (Lipinski definition) is 2. The Morgan fingerprint density at radius 3 is 2.88 bits per heavy atom. The summed E-state index contributed by atoms with van der Waals surface area (Å²) in [5.41, 5.74) is 0.753. The first kappa shape index (κ1) is 14.3. The Morgan fingerprint density at radius 2 is 2.18 bits per heavy atom. The highest BCUT2D eigenvalue weighted by molar-refractivity contribution is 6.31. The van der Waals surface area contributed by atoms with Crippen LogP contribution in [0.2, 0.25) is 5.02 Å². The van der Waals surface area contributed by atoms with Gasteiger partial charge in [-0.3, -0.25) is 0 Å². The molecule has 0 spiro atoms. The Balaban J connectivity index is 2.18. The van der Waals surface area contributed by atoms with Crippen molar-refractivity contribution in [1.29, 1.82) is 0 Å². The van der Waals surface area contributed by atoms with Crippen LogP contribution in [0.1, 0.15) is 25.3 Å². The molecule has 0 aliphatic carbocycles. The van der Waals surface area contributed by atoms with E-state index in [4.69, 9.17) is 16.3 Å². The molecule has 0 unspecified atom stereocenters. The van der Waals surface area contributed by atoms with Crippen LogP contribution in [0.15, 0.2) is 18.2 Å². The number of phenols is 1. The number of hydrogen-bond acceptors (Lipinski definition) is 3. The Kier molecular flexibility index (Phi) is 7.01. The van der Waals surface area contributed by atoms with Gasteiger partial charge in [0.25, 0.3) is 0 Å². The summed E-state index contributed by atoms with van der Waals surface area (Å²) < 4.78 is 5.37. The lowest BCUT2D eigenvalue weighted by Gasteiger charge is -2.08. The third-order valence-corrected chi connectivity index (χ3v) is 2.74. The molecule has 1 rings (SSSR count). The Bertz CT molecular complexity index is 311. The molecule has 1 aromatic carbocycles. The van der Waals surface area contributed by atoms with Gasteiger partial charge in [-0.2, -0.15) is 0 Å². The van der Waals surface area contributed by atoms with Gasteiger partial charge in [0, 0.05) is 30.3 Å². The van der Waals surface area contributed by atoms with Crippen molar-refractivity contribution in [3.8, 4) is 5.75 Å². The highest BCUT2D eigenvalue weighted by Gasteiger charge is 2.04. The van der Waals surface area contributed by atoms with Crippen molar-refractivity contribution in [2.24, 2.45) is 0 Å². The smallest absolute Gasteiger partial charge is 0.121 e. The van der Waals surface area contributed by atoms with Crippen LogP contribution in [0.5, 0.6) is 5.75 Å². The van der Waals surface area contributed by atoms with E-state index in [9.17, 15) is 5.11 Å². The van der Waals surface area contributed by atoms with Crippen molar-refractivity contribution in [1.82, 2.24) is 5.32 Å². The number of rotatable bonds is 8. The van der Waals surface area contributed by atoms with Crippen molar-refractivity contribution >= 4 is 11.6 Å². The molecule has 0 atom stereocenters. The highest BCUT2D eigenvalue weighted by atomic mass is 35.5. The average Bonchev–Trinajstić information content (AvgIpc) is 2.31. The fourth-order valence-corrected chi connectivity index (χ4v) is 1.72. The molecule has 0 aromatic heterocycles. The molecule has 0 bridgehead atoms. The van der Waals surface area contributed by atoms with Crippen molar-refractivity contribution in [2.45, 2.75) is 26.3 Å². The summed E-state index contributed by atoms with van der Waals surface area (Å²) >= 11 is 5.99. The number of benzene rings is 1. The zero-order valence-electron chi connectivity index (χ0n) is 10.2. The maximum absolute atomic E-state index is 9.61. The summed E-state index contributed by atoms with van der Waals surface area (Å²) in [5.74, 6) is 0.243. The first-order valence-corrected chi connectivity index (χ1v) is 6.38. The van der Waals surface area contributed by atoms with E-state index in [-0.39, 0.29) is 5.75 Å². The van der Waals surface area contributed by atoms with Gasteiger partial charge in [-0.1, -0.05) is 24.6 Å². The maximum Gasteiger partial charge on any atom is 0.121 e. The van der Waals surface area contributed by atoms with Crippen LogP contribution in [-0.2, 0) is 11.3 Å². The summed E-state index contributed by atoms with van der Waals surface area (Å²) in [4.78, 5) is 0. The number of halogens is 1. The van der Waals surface area contributed by atoms with Gasteiger partial charge in [0.2, 0.25) is 0 Å². The molecule has 96 valence electrons. The van der Waals surface area contributed by atoms with Crippen LogP contribution in [0.3, 0.4) is 0 Å². The van der Waals surface area contributed by atoms with Crippen LogP contribution in [0.25, 0.3) is 0 Å². The second-order valence-electron chi connectivity index (χ2n) is 3.88. The van der Waals surface area contributed by atoms with E-state index in [2.05, 4.69) is 12.2 Å². The largest absolute Gasteiger partial charge is 0.508 e. The van der Waals surface area contributed by atoms with Gasteiger partial charge in [0.05, 0.1) is 0 Å². The molecule has 0 heterocycles. The molecule has 0 aliphatic heterocycles. The van der Waals surface area contributed by atoms with Crippen LogP contribution < -0.4 is 5.32 Å². The SMILES string of the molecule is CCCOCCCNCc1c(O)cccc1Cl. The van der Waals surface area contributed by atoms with Crippen LogP contribution in [-0.4, -0.2) is 24.9 Å². The molecule has 3 nitrogen and oxygen atoms in total. The number of nitrogens with one attached hydrogen (secondary N) is 1. The average molecular weight is 258 g/mol. The zero-order valence-corrected chi connectivity index (χ0v) is 11.0. The Labute approximate surface area is 108 Å². The predicted octanol–water partition coefficient (Wildman–Crippen LogP) is 2.95. The van der Waals surface area contributed by atoms with Crippen LogP contribution in [0.4, 0.5) is 0 Å². The second kappa shape index (κ2) is 8.34. The molecule has 17 heavy (non-hydrogen) atoms. The fourth-order valence-electron chi connectivity index (χ4n) is 1.48. The molecule has 0 radical (unpaired) electrons. The summed E-state index contributed by atoms with van der Waals surface area (Å²) in [6, 6.07) is 5.16. The van der Waals surface area contributed by atoms with E-state index in [0.717, 1.165) is 38.2 Å². The second-order valence-corrected chi connectivity index (χ2v) is 4.29. The molecule has 4 heteroatoms. The minimum Gasteiger partial charge on any atom is -0.508 e. The van der Waals surface area contributed by atoms with Gasteiger partial charge in [-0.05, 0) is 31.5 Å². The van der Waals surface area contributed by atoms with Gasteiger partial charge >= 0.3 is 0 Å². The lowest BCUT2D eigenvalue weighted by molar-refractivity contribution is 0.132. The molecule has 0 saturated carbocycles. The van der Waals surface area contributed by atoms with Gasteiger partial charge in [-0.15, -0.1) is 0 Å². The molecule has 1 aromatic rings. The van der Waals surface area contributed by atoms with E-state index >= 15 is 0 Å². The maximum atomic E-state index is 9.61. The first-order valence-electron chi connectivity index (χ1n) is 6.00. The van der Waals surface area contributed by atoms with Crippen LogP contribution in [0, 0.1) is 0 Å². The minimum atomic E-state index is 0.243. The van der Waals surface area contributed by atoms with E-state index in [1.54, 1.807) is 18.2 Å². The quantitative estimate of drug-likeness (QED) is 0.704. The Morgan fingerprint density at radius 1 is 1.35 bits per heavy atom. The number of ether oxygens (including phenoxy) is 1. The van der Waals surface area contributed by atoms with Crippen molar-refractivity contribution < 1.29 is 9.84 Å². The molecule has 0 fully saturated rings. The summed E-state index contributed by atoms with van der Waals surface area (Å²) in [6.07, 6.45) is 2.02. The van der Waals surface area contributed by atoms with E-state index in [0.29, 0.717) is 11.6 Å². The third kappa shape index (κ3) is 5.39. The van der Waals surface area contributed by atoms with Gasteiger partial charge < -0.3 is 15.2 Å². The monoisotopic (exact) mass is 257 g/mol. The van der Waals surface area contributed by atoms with E-state index in [1.807, 2.05) is 0 Å². The number of aromatic hydroxyl groups is 1. The highest BCUT2D eigenvalue weighted by Crippen LogP contribution is 2.24. The predicted molar refractivity (Wildman–Crippen MR) is 70.6 cm³/mol. The number of phenolic OH excluding ortho intramolecular Hbond substituents is 1. The molecular weight excluding hydrogens is 238 g/mol. The lowest BCUT2D eigenvalue weighted by atomic mass is 10.2. The molecule has 0 saturated heterocycles. The molecule has 2 N–H and O–H groups in total. The van der Waals surface area contributed by atoms with Crippen molar-refractivity contribution in [2.75, 3.05) is 19.8 Å². The topological polar surface area (TPSA) is 41.5 Å². The summed E-state index contributed by atoms with van der Waals surface area (Å²) in [7, 11) is 0. The summed E-state index contributed by atoms with van der Waals surface area (Å²) in [6.45, 7) is 5.13. The fraction of sp³-hybridized carbons (Fsp3) is 0.538. The minimum absolute atomic E-state index is 0.243. The summed E-state index contributed by atoms with van der Waals surface area (Å²) in [5, 5.41) is 13.4. The van der Waals surface area contributed by atoms with Crippen LogP contribution >= 0.6 is 11.6 Å². The standard InChI is InChI=1S/C13H20ClNO2/c1-2-8-17-9-4-7-15-10-11-12(14)5-3-6-13(11)16/h3,5-6,15-16H,2,4,7-10H2,1H3.